The average molecular weight is 259 g/mol. The van der Waals surface area contributed by atoms with Crippen LogP contribution in [0.4, 0.5) is 0 Å². The number of hydrogen-bond acceptors (Lipinski definition) is 2. The van der Waals surface area contributed by atoms with Crippen molar-refractivity contribution in [2.75, 3.05) is 20.6 Å². The van der Waals surface area contributed by atoms with Crippen LogP contribution in [0.3, 0.4) is 0 Å². The van der Waals surface area contributed by atoms with Crippen molar-refractivity contribution < 1.29 is 4.79 Å². The third-order valence-electron chi connectivity index (χ3n) is 3.31. The van der Waals surface area contributed by atoms with Crippen LogP contribution in [0.5, 0.6) is 0 Å². The van der Waals surface area contributed by atoms with Gasteiger partial charge in [-0.15, -0.1) is 0 Å². The second kappa shape index (κ2) is 5.89. The van der Waals surface area contributed by atoms with Crippen LogP contribution in [0.15, 0.2) is 30.5 Å². The highest BCUT2D eigenvalue weighted by Gasteiger charge is 2.06. The smallest absolute Gasteiger partial charge is 0.223 e. The van der Waals surface area contributed by atoms with Crippen molar-refractivity contribution in [2.24, 2.45) is 7.05 Å². The second-order valence-electron chi connectivity index (χ2n) is 5.00. The van der Waals surface area contributed by atoms with E-state index in [0.29, 0.717) is 13.0 Å². The standard InChI is InChI=1S/C15H21N3O/c1-17(2)15(19)8-9-16-10-12-11-18(3)14-7-5-4-6-13(12)14/h4-7,11,16H,8-10H2,1-3H3. The summed E-state index contributed by atoms with van der Waals surface area (Å²) in [4.78, 5) is 13.1. The molecule has 0 aliphatic heterocycles. The molecule has 4 nitrogen and oxygen atoms in total. The fourth-order valence-corrected chi connectivity index (χ4v) is 2.21. The van der Waals surface area contributed by atoms with Crippen LogP contribution in [0.2, 0.25) is 0 Å². The number of carbonyl (C=O) groups is 1. The fourth-order valence-electron chi connectivity index (χ4n) is 2.21. The van der Waals surface area contributed by atoms with Crippen molar-refractivity contribution in [2.45, 2.75) is 13.0 Å². The molecule has 1 heterocycles. The van der Waals surface area contributed by atoms with Crippen molar-refractivity contribution in [1.29, 1.82) is 0 Å². The van der Waals surface area contributed by atoms with Gasteiger partial charge in [0.15, 0.2) is 0 Å². The zero-order chi connectivity index (χ0) is 13.8. The van der Waals surface area contributed by atoms with Gasteiger partial charge in [0.1, 0.15) is 0 Å². The molecule has 2 rings (SSSR count). The summed E-state index contributed by atoms with van der Waals surface area (Å²) < 4.78 is 2.14. The Kier molecular flexibility index (Phi) is 4.22. The number of carbonyl (C=O) groups excluding carboxylic acids is 1. The van der Waals surface area contributed by atoms with Crippen molar-refractivity contribution in [3.05, 3.63) is 36.0 Å². The third-order valence-corrected chi connectivity index (χ3v) is 3.31. The molecule has 0 atom stereocenters. The van der Waals surface area contributed by atoms with Gasteiger partial charge in [0.25, 0.3) is 0 Å². The molecule has 0 bridgehead atoms. The Hall–Kier alpha value is -1.81. The molecule has 0 spiro atoms. The Morgan fingerprint density at radius 2 is 2.05 bits per heavy atom. The Balaban J connectivity index is 1.94. The lowest BCUT2D eigenvalue weighted by Gasteiger charge is -2.10. The number of nitrogens with zero attached hydrogens (tertiary/aromatic N) is 2. The number of aromatic nitrogens is 1. The number of amides is 1. The summed E-state index contributed by atoms with van der Waals surface area (Å²) >= 11 is 0. The van der Waals surface area contributed by atoms with Gasteiger partial charge < -0.3 is 14.8 Å². The molecular weight excluding hydrogens is 238 g/mol. The normalized spacial score (nSPS) is 10.9. The minimum absolute atomic E-state index is 0.158. The summed E-state index contributed by atoms with van der Waals surface area (Å²) in [6, 6.07) is 8.36. The number of hydrogen-bond donors (Lipinski definition) is 1. The summed E-state index contributed by atoms with van der Waals surface area (Å²) in [6.07, 6.45) is 2.68. The van der Waals surface area contributed by atoms with Crippen molar-refractivity contribution in [1.82, 2.24) is 14.8 Å². The highest BCUT2D eigenvalue weighted by atomic mass is 16.2. The molecule has 102 valence electrons. The number of para-hydroxylation sites is 1. The maximum absolute atomic E-state index is 11.5. The molecule has 4 heteroatoms. The molecule has 0 radical (unpaired) electrons. The molecule has 0 aliphatic carbocycles. The van der Waals surface area contributed by atoms with E-state index in [0.717, 1.165) is 6.54 Å². The number of rotatable bonds is 5. The second-order valence-corrected chi connectivity index (χ2v) is 5.00. The Morgan fingerprint density at radius 3 is 2.79 bits per heavy atom. The molecule has 0 fully saturated rings. The van der Waals surface area contributed by atoms with Crippen LogP contribution in [-0.2, 0) is 18.4 Å². The molecule has 0 unspecified atom stereocenters. The van der Waals surface area contributed by atoms with E-state index in [2.05, 4.69) is 47.4 Å². The van der Waals surface area contributed by atoms with Crippen molar-refractivity contribution >= 4 is 16.8 Å². The third kappa shape index (κ3) is 3.15. The monoisotopic (exact) mass is 259 g/mol. The van der Waals surface area contributed by atoms with E-state index >= 15 is 0 Å². The van der Waals surface area contributed by atoms with Crippen LogP contribution in [0, 0.1) is 0 Å². The first-order valence-corrected chi connectivity index (χ1v) is 6.53. The van der Waals surface area contributed by atoms with Gasteiger partial charge in [-0.25, -0.2) is 0 Å². The molecule has 1 aromatic carbocycles. The number of aryl methyl sites for hydroxylation is 1. The SMILES string of the molecule is CN(C)C(=O)CCNCc1cn(C)c2ccccc12. The van der Waals surface area contributed by atoms with Crippen LogP contribution < -0.4 is 5.32 Å². The maximum Gasteiger partial charge on any atom is 0.223 e. The van der Waals surface area contributed by atoms with E-state index in [1.807, 2.05) is 0 Å². The minimum atomic E-state index is 0.158. The summed E-state index contributed by atoms with van der Waals surface area (Å²) in [5.41, 5.74) is 2.51. The lowest BCUT2D eigenvalue weighted by molar-refractivity contribution is -0.128. The van der Waals surface area contributed by atoms with Crippen LogP contribution >= 0.6 is 0 Å². The van der Waals surface area contributed by atoms with Gasteiger partial charge in [-0.3, -0.25) is 4.79 Å². The predicted molar refractivity (Wildman–Crippen MR) is 77.9 cm³/mol. The molecule has 0 saturated heterocycles. The topological polar surface area (TPSA) is 37.3 Å². The van der Waals surface area contributed by atoms with Gasteiger partial charge in [0, 0.05) is 57.8 Å². The lowest BCUT2D eigenvalue weighted by Crippen LogP contribution is -2.26. The van der Waals surface area contributed by atoms with Crippen molar-refractivity contribution in [3.63, 3.8) is 0 Å². The summed E-state index contributed by atoms with van der Waals surface area (Å²) in [6.45, 7) is 1.50. The van der Waals surface area contributed by atoms with Crippen LogP contribution in [-0.4, -0.2) is 36.0 Å². The summed E-state index contributed by atoms with van der Waals surface area (Å²) in [5, 5.41) is 4.61. The molecule has 19 heavy (non-hydrogen) atoms. The molecule has 0 saturated carbocycles. The minimum Gasteiger partial charge on any atom is -0.350 e. The molecular formula is C15H21N3O. The zero-order valence-corrected chi connectivity index (χ0v) is 11.8. The highest BCUT2D eigenvalue weighted by Crippen LogP contribution is 2.19. The quantitative estimate of drug-likeness (QED) is 0.831. The van der Waals surface area contributed by atoms with E-state index in [9.17, 15) is 4.79 Å². The van der Waals surface area contributed by atoms with Gasteiger partial charge in [-0.05, 0) is 11.6 Å². The van der Waals surface area contributed by atoms with E-state index in [1.54, 1.807) is 19.0 Å². The van der Waals surface area contributed by atoms with Crippen LogP contribution in [0.25, 0.3) is 10.9 Å². The fraction of sp³-hybridized carbons (Fsp3) is 0.400. The first kappa shape index (κ1) is 13.6. The number of nitrogens with one attached hydrogen (secondary N) is 1. The average Bonchev–Trinajstić information content (AvgIpc) is 2.72. The number of benzene rings is 1. The first-order valence-electron chi connectivity index (χ1n) is 6.53. The van der Waals surface area contributed by atoms with Gasteiger partial charge in [0.05, 0.1) is 0 Å². The predicted octanol–water partition coefficient (Wildman–Crippen LogP) is 1.75. The molecule has 1 aromatic heterocycles. The summed E-state index contributed by atoms with van der Waals surface area (Å²) in [5.74, 6) is 0.158. The highest BCUT2D eigenvalue weighted by molar-refractivity contribution is 5.83. The Labute approximate surface area is 114 Å². The van der Waals surface area contributed by atoms with E-state index < -0.39 is 0 Å². The number of fused-ring (bicyclic) bond motifs is 1. The molecule has 1 N–H and O–H groups in total. The summed E-state index contributed by atoms with van der Waals surface area (Å²) in [7, 11) is 5.63. The van der Waals surface area contributed by atoms with Gasteiger partial charge >= 0.3 is 0 Å². The van der Waals surface area contributed by atoms with E-state index in [4.69, 9.17) is 0 Å². The molecule has 1 amide bonds. The zero-order valence-electron chi connectivity index (χ0n) is 11.8. The Bertz CT molecular complexity index is 572. The first-order chi connectivity index (χ1) is 9.09. The Morgan fingerprint density at radius 1 is 1.32 bits per heavy atom. The van der Waals surface area contributed by atoms with Gasteiger partial charge in [-0.2, -0.15) is 0 Å². The largest absolute Gasteiger partial charge is 0.350 e. The molecule has 2 aromatic rings. The lowest BCUT2D eigenvalue weighted by atomic mass is 10.2. The van der Waals surface area contributed by atoms with Gasteiger partial charge in [0.2, 0.25) is 5.91 Å². The van der Waals surface area contributed by atoms with Gasteiger partial charge in [-0.1, -0.05) is 18.2 Å². The van der Waals surface area contributed by atoms with E-state index in [-0.39, 0.29) is 5.91 Å². The maximum atomic E-state index is 11.5. The molecule has 0 aliphatic rings. The van der Waals surface area contributed by atoms with Crippen LogP contribution in [0.1, 0.15) is 12.0 Å². The van der Waals surface area contributed by atoms with E-state index in [1.165, 1.54) is 16.5 Å². The van der Waals surface area contributed by atoms with Crippen molar-refractivity contribution in [3.8, 4) is 0 Å².